The van der Waals surface area contributed by atoms with Crippen molar-refractivity contribution in [1.82, 2.24) is 0 Å². The molecule has 0 heterocycles. The van der Waals surface area contributed by atoms with Gasteiger partial charge in [-0.1, -0.05) is 23.7 Å². The number of hydrogen-bond acceptors (Lipinski definition) is 4. The van der Waals surface area contributed by atoms with Crippen LogP contribution in [0.15, 0.2) is 71.6 Å². The van der Waals surface area contributed by atoms with Gasteiger partial charge >= 0.3 is 0 Å². The predicted octanol–water partition coefficient (Wildman–Crippen LogP) is 4.83. The van der Waals surface area contributed by atoms with Gasteiger partial charge in [0.05, 0.1) is 9.92 Å². The average Bonchev–Trinajstić information content (AvgIpc) is 2.72. The van der Waals surface area contributed by atoms with E-state index in [1.807, 2.05) is 0 Å². The number of para-hydroxylation sites is 1. The van der Waals surface area contributed by atoms with Crippen LogP contribution in [0.3, 0.4) is 0 Å². The lowest BCUT2D eigenvalue weighted by Crippen LogP contribution is -2.30. The van der Waals surface area contributed by atoms with Crippen molar-refractivity contribution >= 4 is 38.9 Å². The Balaban J connectivity index is 1.63. The standard InChI is InChI=1S/C21H17ClF2N2O4S/c1-13(30-20-5-3-2-4-17(20)22)21(27)25-14-6-8-15(9-7-14)26-31(28,29)16-10-11-18(23)19(24)12-16/h2-13,26H,1H3,(H,25,27). The molecule has 3 aromatic carbocycles. The summed E-state index contributed by atoms with van der Waals surface area (Å²) in [5.41, 5.74) is 0.568. The molecule has 3 rings (SSSR count). The van der Waals surface area contributed by atoms with Gasteiger partial charge in [-0.15, -0.1) is 0 Å². The summed E-state index contributed by atoms with van der Waals surface area (Å²) in [6.07, 6.45) is -0.841. The number of carbonyl (C=O) groups excluding carboxylic acids is 1. The van der Waals surface area contributed by atoms with Crippen molar-refractivity contribution in [2.75, 3.05) is 10.0 Å². The molecule has 31 heavy (non-hydrogen) atoms. The molecule has 0 aliphatic carbocycles. The van der Waals surface area contributed by atoms with Gasteiger partial charge in [-0.05, 0) is 61.5 Å². The smallest absolute Gasteiger partial charge is 0.265 e. The molecule has 0 saturated heterocycles. The van der Waals surface area contributed by atoms with E-state index < -0.39 is 38.6 Å². The van der Waals surface area contributed by atoms with Crippen LogP contribution in [0, 0.1) is 11.6 Å². The Morgan fingerprint density at radius 1 is 0.968 bits per heavy atom. The fourth-order valence-electron chi connectivity index (χ4n) is 2.51. The van der Waals surface area contributed by atoms with Crippen molar-refractivity contribution in [2.24, 2.45) is 0 Å². The van der Waals surface area contributed by atoms with Crippen LogP contribution in [0.2, 0.25) is 5.02 Å². The van der Waals surface area contributed by atoms with E-state index in [4.69, 9.17) is 16.3 Å². The number of sulfonamides is 1. The molecule has 0 radical (unpaired) electrons. The Labute approximate surface area is 182 Å². The SMILES string of the molecule is CC(Oc1ccccc1Cl)C(=O)Nc1ccc(NS(=O)(=O)c2ccc(F)c(F)c2)cc1. The number of halogens is 3. The summed E-state index contributed by atoms with van der Waals surface area (Å²) < 4.78 is 58.8. The Bertz CT molecular complexity index is 1200. The van der Waals surface area contributed by atoms with Crippen molar-refractivity contribution in [2.45, 2.75) is 17.9 Å². The molecule has 0 aliphatic rings. The Morgan fingerprint density at radius 3 is 2.26 bits per heavy atom. The second kappa shape index (κ2) is 9.32. The van der Waals surface area contributed by atoms with Crippen LogP contribution in [-0.2, 0) is 14.8 Å². The monoisotopic (exact) mass is 466 g/mol. The van der Waals surface area contributed by atoms with E-state index in [1.165, 1.54) is 24.3 Å². The van der Waals surface area contributed by atoms with Crippen molar-refractivity contribution in [3.8, 4) is 5.75 Å². The Hall–Kier alpha value is -3.17. The van der Waals surface area contributed by atoms with Gasteiger partial charge in [-0.25, -0.2) is 17.2 Å². The molecule has 0 aromatic heterocycles. The maximum atomic E-state index is 13.3. The average molecular weight is 467 g/mol. The van der Waals surface area contributed by atoms with Crippen LogP contribution in [0.5, 0.6) is 5.75 Å². The number of nitrogens with one attached hydrogen (secondary N) is 2. The van der Waals surface area contributed by atoms with Crippen LogP contribution in [0.4, 0.5) is 20.2 Å². The maximum absolute atomic E-state index is 13.3. The lowest BCUT2D eigenvalue weighted by Gasteiger charge is -2.16. The summed E-state index contributed by atoms with van der Waals surface area (Å²) in [6, 6.07) is 14.8. The van der Waals surface area contributed by atoms with Crippen LogP contribution in [-0.4, -0.2) is 20.4 Å². The Kier molecular flexibility index (Phi) is 6.77. The quantitative estimate of drug-likeness (QED) is 0.522. The second-order valence-corrected chi connectivity index (χ2v) is 8.53. The number of hydrogen-bond donors (Lipinski definition) is 2. The third-order valence-corrected chi connectivity index (χ3v) is 5.81. The molecule has 1 amide bonds. The molecule has 10 heteroatoms. The zero-order chi connectivity index (χ0) is 22.6. The van der Waals surface area contributed by atoms with Gasteiger partial charge in [0.1, 0.15) is 5.75 Å². The zero-order valence-electron chi connectivity index (χ0n) is 16.1. The van der Waals surface area contributed by atoms with E-state index in [1.54, 1.807) is 31.2 Å². The second-order valence-electron chi connectivity index (χ2n) is 6.44. The fraction of sp³-hybridized carbons (Fsp3) is 0.0952. The molecule has 0 fully saturated rings. The van der Waals surface area contributed by atoms with E-state index in [-0.39, 0.29) is 5.69 Å². The van der Waals surface area contributed by atoms with Crippen LogP contribution in [0.25, 0.3) is 0 Å². The van der Waals surface area contributed by atoms with Gasteiger partial charge in [0.2, 0.25) is 0 Å². The highest BCUT2D eigenvalue weighted by atomic mass is 35.5. The minimum Gasteiger partial charge on any atom is -0.479 e. The number of amides is 1. The number of ether oxygens (including phenoxy) is 1. The van der Waals surface area contributed by atoms with Crippen LogP contribution < -0.4 is 14.8 Å². The van der Waals surface area contributed by atoms with Crippen molar-refractivity contribution in [3.63, 3.8) is 0 Å². The molecule has 0 saturated carbocycles. The third kappa shape index (κ3) is 5.71. The van der Waals surface area contributed by atoms with Crippen LogP contribution >= 0.6 is 11.6 Å². The molecule has 2 N–H and O–H groups in total. The zero-order valence-corrected chi connectivity index (χ0v) is 17.7. The van der Waals surface area contributed by atoms with E-state index in [0.717, 1.165) is 12.1 Å². The normalized spacial score (nSPS) is 12.1. The highest BCUT2D eigenvalue weighted by Gasteiger charge is 2.18. The maximum Gasteiger partial charge on any atom is 0.265 e. The first-order chi connectivity index (χ1) is 14.7. The van der Waals surface area contributed by atoms with Crippen molar-refractivity contribution in [1.29, 1.82) is 0 Å². The lowest BCUT2D eigenvalue weighted by molar-refractivity contribution is -0.122. The van der Waals surface area contributed by atoms with Crippen LogP contribution in [0.1, 0.15) is 6.92 Å². The first-order valence-corrected chi connectivity index (χ1v) is 10.8. The largest absolute Gasteiger partial charge is 0.479 e. The van der Waals surface area contributed by atoms with Gasteiger partial charge in [0.15, 0.2) is 17.7 Å². The van der Waals surface area contributed by atoms with Gasteiger partial charge in [0, 0.05) is 11.4 Å². The molecular formula is C21H17ClF2N2O4S. The summed E-state index contributed by atoms with van der Waals surface area (Å²) >= 11 is 6.01. The molecule has 1 unspecified atom stereocenters. The predicted molar refractivity (Wildman–Crippen MR) is 114 cm³/mol. The summed E-state index contributed by atoms with van der Waals surface area (Å²) in [5, 5.41) is 3.02. The highest BCUT2D eigenvalue weighted by Crippen LogP contribution is 2.25. The van der Waals surface area contributed by atoms with Gasteiger partial charge in [0.25, 0.3) is 15.9 Å². The number of benzene rings is 3. The van der Waals surface area contributed by atoms with Gasteiger partial charge < -0.3 is 10.1 Å². The fourth-order valence-corrected chi connectivity index (χ4v) is 3.76. The van der Waals surface area contributed by atoms with E-state index in [0.29, 0.717) is 22.5 Å². The first-order valence-electron chi connectivity index (χ1n) is 8.96. The number of rotatable bonds is 7. The summed E-state index contributed by atoms with van der Waals surface area (Å²) in [6.45, 7) is 1.56. The van der Waals surface area contributed by atoms with E-state index >= 15 is 0 Å². The minimum atomic E-state index is -4.12. The topological polar surface area (TPSA) is 84.5 Å². The minimum absolute atomic E-state index is 0.170. The molecule has 0 bridgehead atoms. The lowest BCUT2D eigenvalue weighted by atomic mass is 10.2. The van der Waals surface area contributed by atoms with E-state index in [2.05, 4.69) is 10.0 Å². The number of carbonyl (C=O) groups is 1. The molecule has 3 aromatic rings. The van der Waals surface area contributed by atoms with Gasteiger partial charge in [-0.3, -0.25) is 9.52 Å². The summed E-state index contributed by atoms with van der Waals surface area (Å²) in [7, 11) is -4.12. The molecule has 0 aliphatic heterocycles. The van der Waals surface area contributed by atoms with Crippen molar-refractivity contribution in [3.05, 3.63) is 83.4 Å². The molecule has 162 valence electrons. The molecular weight excluding hydrogens is 450 g/mol. The highest BCUT2D eigenvalue weighted by molar-refractivity contribution is 7.92. The molecule has 0 spiro atoms. The third-order valence-electron chi connectivity index (χ3n) is 4.12. The van der Waals surface area contributed by atoms with E-state index in [9.17, 15) is 22.0 Å². The molecule has 1 atom stereocenters. The first kappa shape index (κ1) is 22.5. The molecule has 6 nitrogen and oxygen atoms in total. The summed E-state index contributed by atoms with van der Waals surface area (Å²) in [5.74, 6) is -2.48. The van der Waals surface area contributed by atoms with Gasteiger partial charge in [-0.2, -0.15) is 0 Å². The number of anilines is 2. The Morgan fingerprint density at radius 2 is 1.61 bits per heavy atom. The van der Waals surface area contributed by atoms with Crippen molar-refractivity contribution < 1.29 is 26.7 Å². The summed E-state index contributed by atoms with van der Waals surface area (Å²) in [4.78, 5) is 11.9.